The van der Waals surface area contributed by atoms with Crippen LogP contribution in [0.15, 0.2) is 67.1 Å². The number of halogens is 1. The van der Waals surface area contributed by atoms with Crippen LogP contribution in [-0.4, -0.2) is 37.6 Å². The molecule has 1 aromatic carbocycles. The topological polar surface area (TPSA) is 46.3 Å². The van der Waals surface area contributed by atoms with E-state index in [1.165, 1.54) is 17.7 Å². The van der Waals surface area contributed by atoms with Gasteiger partial charge in [0.05, 0.1) is 0 Å². The Hall–Kier alpha value is -3.12. The number of aromatic nitrogens is 4. The summed E-state index contributed by atoms with van der Waals surface area (Å²) in [5, 5.41) is 4.76. The molecule has 1 aliphatic rings. The lowest BCUT2D eigenvalue weighted by Gasteiger charge is -2.31. The summed E-state index contributed by atoms with van der Waals surface area (Å²) < 4.78 is 15.4. The van der Waals surface area contributed by atoms with E-state index in [9.17, 15) is 4.39 Å². The highest BCUT2D eigenvalue weighted by Crippen LogP contribution is 2.27. The molecule has 5 nitrogen and oxygen atoms in total. The molecule has 0 spiro atoms. The van der Waals surface area contributed by atoms with Gasteiger partial charge < -0.3 is 0 Å². The van der Waals surface area contributed by atoms with Crippen LogP contribution in [0.3, 0.4) is 0 Å². The standard InChI is InChI=1S/C23H22FN5/c24-21-5-1-3-18(13-21)19-6-7-22-26-23(27-29(22)16-19)20-4-2-12-28(15-20)14-17-8-10-25-11-9-17/h1,3,5-11,13,16,20H,2,4,12,14-15H2/t20-/m0/s1. The molecule has 1 aliphatic heterocycles. The fourth-order valence-corrected chi connectivity index (χ4v) is 4.07. The van der Waals surface area contributed by atoms with Crippen LogP contribution in [0.5, 0.6) is 0 Å². The largest absolute Gasteiger partial charge is 0.298 e. The van der Waals surface area contributed by atoms with Gasteiger partial charge in [-0.3, -0.25) is 9.88 Å². The third-order valence-electron chi connectivity index (χ3n) is 5.53. The Morgan fingerprint density at radius 2 is 1.93 bits per heavy atom. The molecule has 146 valence electrons. The van der Waals surface area contributed by atoms with Crippen LogP contribution in [-0.2, 0) is 6.54 Å². The van der Waals surface area contributed by atoms with E-state index in [1.807, 2.05) is 41.3 Å². The van der Waals surface area contributed by atoms with Gasteiger partial charge in [0.15, 0.2) is 11.5 Å². The number of rotatable bonds is 4. The number of piperidine rings is 1. The summed E-state index contributed by atoms with van der Waals surface area (Å²) >= 11 is 0. The van der Waals surface area contributed by atoms with Crippen molar-refractivity contribution in [2.45, 2.75) is 25.3 Å². The second-order valence-corrected chi connectivity index (χ2v) is 7.63. The maximum atomic E-state index is 13.6. The molecule has 0 N–H and O–H groups in total. The molecule has 3 aromatic heterocycles. The Kier molecular flexibility index (Phi) is 4.77. The van der Waals surface area contributed by atoms with E-state index < -0.39 is 0 Å². The molecule has 0 amide bonds. The SMILES string of the molecule is Fc1cccc(-c2ccc3nc([C@H]4CCCN(Cc5ccncc5)C4)nn3c2)c1. The van der Waals surface area contributed by atoms with Gasteiger partial charge in [0.25, 0.3) is 0 Å². The fourth-order valence-electron chi connectivity index (χ4n) is 4.07. The highest BCUT2D eigenvalue weighted by molar-refractivity contribution is 5.64. The first-order valence-corrected chi connectivity index (χ1v) is 9.98. The van der Waals surface area contributed by atoms with Crippen LogP contribution in [0.2, 0.25) is 0 Å². The molecule has 1 atom stereocenters. The van der Waals surface area contributed by atoms with E-state index in [2.05, 4.69) is 22.0 Å². The van der Waals surface area contributed by atoms with Crippen molar-refractivity contribution < 1.29 is 4.39 Å². The molecule has 5 rings (SSSR count). The summed E-state index contributed by atoms with van der Waals surface area (Å²) in [4.78, 5) is 11.3. The molecule has 4 heterocycles. The first-order chi connectivity index (χ1) is 14.2. The Morgan fingerprint density at radius 3 is 2.79 bits per heavy atom. The van der Waals surface area contributed by atoms with Gasteiger partial charge in [0.1, 0.15) is 5.82 Å². The molecular weight excluding hydrogens is 365 g/mol. The Labute approximate surface area is 168 Å². The molecule has 0 radical (unpaired) electrons. The highest BCUT2D eigenvalue weighted by atomic mass is 19.1. The molecule has 1 saturated heterocycles. The zero-order valence-corrected chi connectivity index (χ0v) is 16.1. The Morgan fingerprint density at radius 1 is 1.03 bits per heavy atom. The van der Waals surface area contributed by atoms with Gasteiger partial charge in [0.2, 0.25) is 0 Å². The van der Waals surface area contributed by atoms with Gasteiger partial charge in [-0.25, -0.2) is 13.9 Å². The second-order valence-electron chi connectivity index (χ2n) is 7.63. The molecular formula is C23H22FN5. The number of likely N-dealkylation sites (tertiary alicyclic amines) is 1. The molecule has 4 aromatic rings. The minimum Gasteiger partial charge on any atom is -0.298 e. The van der Waals surface area contributed by atoms with E-state index in [0.717, 1.165) is 55.1 Å². The molecule has 1 fully saturated rings. The maximum absolute atomic E-state index is 13.6. The van der Waals surface area contributed by atoms with Crippen LogP contribution in [0.1, 0.15) is 30.1 Å². The normalized spacial score (nSPS) is 17.6. The minimum absolute atomic E-state index is 0.238. The Bertz CT molecular complexity index is 1120. The van der Waals surface area contributed by atoms with Crippen LogP contribution >= 0.6 is 0 Å². The summed E-state index contributed by atoms with van der Waals surface area (Å²) in [7, 11) is 0. The molecule has 29 heavy (non-hydrogen) atoms. The number of fused-ring (bicyclic) bond motifs is 1. The van der Waals surface area contributed by atoms with Gasteiger partial charge >= 0.3 is 0 Å². The number of hydrogen-bond acceptors (Lipinski definition) is 4. The minimum atomic E-state index is -0.238. The molecule has 0 unspecified atom stereocenters. The summed E-state index contributed by atoms with van der Waals surface area (Å²) in [5.41, 5.74) is 3.87. The van der Waals surface area contributed by atoms with Crippen molar-refractivity contribution in [3.05, 3.63) is 84.3 Å². The average Bonchev–Trinajstić information content (AvgIpc) is 3.18. The van der Waals surface area contributed by atoms with Gasteiger partial charge in [0, 0.05) is 43.2 Å². The predicted octanol–water partition coefficient (Wildman–Crippen LogP) is 4.31. The highest BCUT2D eigenvalue weighted by Gasteiger charge is 2.24. The van der Waals surface area contributed by atoms with Crippen molar-refractivity contribution in [3.8, 4) is 11.1 Å². The van der Waals surface area contributed by atoms with Gasteiger partial charge in [-0.15, -0.1) is 0 Å². The van der Waals surface area contributed by atoms with Crippen molar-refractivity contribution in [2.75, 3.05) is 13.1 Å². The molecule has 0 bridgehead atoms. The third kappa shape index (κ3) is 3.89. The second kappa shape index (κ2) is 7.72. The molecule has 0 saturated carbocycles. The van der Waals surface area contributed by atoms with Crippen LogP contribution in [0, 0.1) is 5.82 Å². The zero-order valence-electron chi connectivity index (χ0n) is 16.1. The van der Waals surface area contributed by atoms with E-state index in [-0.39, 0.29) is 5.82 Å². The number of hydrogen-bond donors (Lipinski definition) is 0. The van der Waals surface area contributed by atoms with Crippen molar-refractivity contribution >= 4 is 5.65 Å². The van der Waals surface area contributed by atoms with E-state index in [0.29, 0.717) is 5.92 Å². The van der Waals surface area contributed by atoms with Crippen molar-refractivity contribution in [2.24, 2.45) is 0 Å². The van der Waals surface area contributed by atoms with Gasteiger partial charge in [-0.1, -0.05) is 12.1 Å². The number of benzene rings is 1. The molecule has 0 aliphatic carbocycles. The maximum Gasteiger partial charge on any atom is 0.156 e. The average molecular weight is 387 g/mol. The number of nitrogens with zero attached hydrogens (tertiary/aromatic N) is 5. The van der Waals surface area contributed by atoms with Crippen molar-refractivity contribution in [1.82, 2.24) is 24.5 Å². The Balaban J connectivity index is 1.37. The predicted molar refractivity (Wildman–Crippen MR) is 110 cm³/mol. The van der Waals surface area contributed by atoms with Crippen molar-refractivity contribution in [3.63, 3.8) is 0 Å². The third-order valence-corrected chi connectivity index (χ3v) is 5.53. The lowest BCUT2D eigenvalue weighted by molar-refractivity contribution is 0.196. The lowest BCUT2D eigenvalue weighted by Crippen LogP contribution is -2.34. The summed E-state index contributed by atoms with van der Waals surface area (Å²) in [6.45, 7) is 2.97. The van der Waals surface area contributed by atoms with Gasteiger partial charge in [-0.05, 0) is 66.9 Å². The fraction of sp³-hybridized carbons (Fsp3) is 0.261. The van der Waals surface area contributed by atoms with Crippen LogP contribution < -0.4 is 0 Å². The first kappa shape index (κ1) is 17.9. The zero-order chi connectivity index (χ0) is 19.6. The summed E-state index contributed by atoms with van der Waals surface area (Å²) in [6, 6.07) is 14.7. The van der Waals surface area contributed by atoms with E-state index >= 15 is 0 Å². The quantitative estimate of drug-likeness (QED) is 0.524. The van der Waals surface area contributed by atoms with E-state index in [1.54, 1.807) is 6.07 Å². The number of pyridine rings is 2. The lowest BCUT2D eigenvalue weighted by atomic mass is 9.97. The monoisotopic (exact) mass is 387 g/mol. The summed E-state index contributed by atoms with van der Waals surface area (Å²) in [6.07, 6.45) is 7.85. The smallest absolute Gasteiger partial charge is 0.156 e. The van der Waals surface area contributed by atoms with Crippen LogP contribution in [0.25, 0.3) is 16.8 Å². The van der Waals surface area contributed by atoms with Crippen molar-refractivity contribution in [1.29, 1.82) is 0 Å². The van der Waals surface area contributed by atoms with Gasteiger partial charge in [-0.2, -0.15) is 5.10 Å². The molecule has 6 heteroatoms. The summed E-state index contributed by atoms with van der Waals surface area (Å²) in [5.74, 6) is 0.974. The first-order valence-electron chi connectivity index (χ1n) is 9.98. The van der Waals surface area contributed by atoms with E-state index in [4.69, 9.17) is 10.1 Å². The van der Waals surface area contributed by atoms with Crippen LogP contribution in [0.4, 0.5) is 4.39 Å².